The molecule has 0 saturated carbocycles. The van der Waals surface area contributed by atoms with Crippen molar-refractivity contribution in [3.05, 3.63) is 35.4 Å². The third-order valence-electron chi connectivity index (χ3n) is 5.81. The van der Waals surface area contributed by atoms with Gasteiger partial charge in [0.2, 0.25) is 5.91 Å². The smallest absolute Gasteiger partial charge is 0.410 e. The molecule has 0 N–H and O–H groups in total. The molecule has 0 aromatic heterocycles. The summed E-state index contributed by atoms with van der Waals surface area (Å²) in [5.41, 5.74) is -0.159. The summed E-state index contributed by atoms with van der Waals surface area (Å²) in [5.74, 6) is -2.15. The number of fused-ring (bicyclic) bond motifs is 1. The molecule has 3 aliphatic rings. The second kappa shape index (κ2) is 7.03. The van der Waals surface area contributed by atoms with Crippen molar-refractivity contribution < 1.29 is 27.9 Å². The number of piperidine rings is 1. The summed E-state index contributed by atoms with van der Waals surface area (Å²) in [6.07, 6.45) is 0.372. The molecular formula is C19H21F2N3O4. The zero-order valence-electron chi connectivity index (χ0n) is 15.4. The lowest BCUT2D eigenvalue weighted by Gasteiger charge is -2.37. The third-order valence-corrected chi connectivity index (χ3v) is 5.81. The summed E-state index contributed by atoms with van der Waals surface area (Å²) in [7, 11) is 0. The largest absolute Gasteiger partial charge is 0.442 e. The number of nitrogens with zero attached hydrogens (tertiary/aromatic N) is 3. The van der Waals surface area contributed by atoms with Crippen molar-refractivity contribution in [3.8, 4) is 0 Å². The highest BCUT2D eigenvalue weighted by atomic mass is 19.1. The lowest BCUT2D eigenvalue weighted by Crippen LogP contribution is -2.51. The molecule has 0 radical (unpaired) electrons. The highest BCUT2D eigenvalue weighted by Gasteiger charge is 2.51. The van der Waals surface area contributed by atoms with Gasteiger partial charge in [0.25, 0.3) is 5.91 Å². The number of likely N-dealkylation sites (tertiary alicyclic amines) is 2. The van der Waals surface area contributed by atoms with Crippen LogP contribution < -0.4 is 0 Å². The molecule has 3 amide bonds. The average molecular weight is 393 g/mol. The molecule has 4 rings (SSSR count). The Hall–Kier alpha value is -2.71. The number of hydrogen-bond donors (Lipinski definition) is 0. The summed E-state index contributed by atoms with van der Waals surface area (Å²) in [4.78, 5) is 41.4. The predicted octanol–water partition coefficient (Wildman–Crippen LogP) is 1.62. The Kier molecular flexibility index (Phi) is 4.68. The highest BCUT2D eigenvalue weighted by molar-refractivity contribution is 5.94. The Bertz CT molecular complexity index is 825. The molecule has 9 heteroatoms. The summed E-state index contributed by atoms with van der Waals surface area (Å²) in [6, 6.07) is 2.64. The first-order chi connectivity index (χ1) is 13.3. The first kappa shape index (κ1) is 18.6. The van der Waals surface area contributed by atoms with Crippen molar-refractivity contribution in [2.45, 2.75) is 38.0 Å². The molecule has 0 spiro atoms. The molecule has 28 heavy (non-hydrogen) atoms. The molecule has 3 heterocycles. The van der Waals surface area contributed by atoms with E-state index >= 15 is 0 Å². The normalized spacial score (nSPS) is 25.1. The van der Waals surface area contributed by atoms with Crippen molar-refractivity contribution in [3.63, 3.8) is 0 Å². The molecule has 3 fully saturated rings. The van der Waals surface area contributed by atoms with Crippen LogP contribution in [-0.2, 0) is 9.53 Å². The quantitative estimate of drug-likeness (QED) is 0.766. The zero-order chi connectivity index (χ0) is 20.0. The van der Waals surface area contributed by atoms with E-state index in [0.29, 0.717) is 45.1 Å². The van der Waals surface area contributed by atoms with Crippen LogP contribution in [0.5, 0.6) is 0 Å². The van der Waals surface area contributed by atoms with Gasteiger partial charge in [0.15, 0.2) is 0 Å². The van der Waals surface area contributed by atoms with Gasteiger partial charge in [0.1, 0.15) is 17.7 Å². The number of carbonyl (C=O) groups is 3. The maximum absolute atomic E-state index is 13.9. The van der Waals surface area contributed by atoms with Gasteiger partial charge >= 0.3 is 6.09 Å². The maximum Gasteiger partial charge on any atom is 0.410 e. The molecule has 2 atom stereocenters. The molecule has 0 bridgehead atoms. The van der Waals surface area contributed by atoms with Crippen LogP contribution in [0.3, 0.4) is 0 Å². The summed E-state index contributed by atoms with van der Waals surface area (Å²) in [5, 5.41) is 0. The minimum absolute atomic E-state index is 0.0489. The van der Waals surface area contributed by atoms with Gasteiger partial charge in [0, 0.05) is 38.7 Å². The van der Waals surface area contributed by atoms with Crippen LogP contribution in [0.1, 0.15) is 30.1 Å². The van der Waals surface area contributed by atoms with E-state index in [-0.39, 0.29) is 35.8 Å². The minimum atomic E-state index is -0.881. The number of rotatable bonds is 2. The second-order valence-corrected chi connectivity index (χ2v) is 7.47. The topological polar surface area (TPSA) is 70.2 Å². The van der Waals surface area contributed by atoms with Crippen molar-refractivity contribution in [1.29, 1.82) is 0 Å². The van der Waals surface area contributed by atoms with Crippen LogP contribution >= 0.6 is 0 Å². The second-order valence-electron chi connectivity index (χ2n) is 7.47. The van der Waals surface area contributed by atoms with E-state index in [1.54, 1.807) is 9.80 Å². The third kappa shape index (κ3) is 3.18. The van der Waals surface area contributed by atoms with Crippen molar-refractivity contribution in [1.82, 2.24) is 14.7 Å². The molecule has 3 saturated heterocycles. The first-order valence-corrected chi connectivity index (χ1v) is 9.34. The van der Waals surface area contributed by atoms with Gasteiger partial charge < -0.3 is 14.5 Å². The molecule has 7 nitrogen and oxygen atoms in total. The minimum Gasteiger partial charge on any atom is -0.442 e. The lowest BCUT2D eigenvalue weighted by atomic mass is 10.0. The molecular weight excluding hydrogens is 372 g/mol. The number of halogens is 2. The van der Waals surface area contributed by atoms with Gasteiger partial charge in [-0.15, -0.1) is 0 Å². The highest BCUT2D eigenvalue weighted by Crippen LogP contribution is 2.32. The Morgan fingerprint density at radius 2 is 1.82 bits per heavy atom. The number of carbonyl (C=O) groups excluding carboxylic acids is 3. The van der Waals surface area contributed by atoms with E-state index < -0.39 is 17.5 Å². The zero-order valence-corrected chi connectivity index (χ0v) is 15.4. The lowest BCUT2D eigenvalue weighted by molar-refractivity contribution is -0.128. The van der Waals surface area contributed by atoms with Gasteiger partial charge in [-0.1, -0.05) is 0 Å². The van der Waals surface area contributed by atoms with E-state index in [9.17, 15) is 23.2 Å². The number of ether oxygens (including phenoxy) is 1. The SMILES string of the molecule is CC(=O)N1C[C@@H]2OC(=O)N(C3CCN(C(=O)c4ccc(F)cc4F)CC3)[C@@H]2C1. The molecule has 3 aliphatic heterocycles. The molecule has 0 unspecified atom stereocenters. The monoisotopic (exact) mass is 393 g/mol. The fraction of sp³-hybridized carbons (Fsp3) is 0.526. The van der Waals surface area contributed by atoms with Crippen LogP contribution in [0.25, 0.3) is 0 Å². The van der Waals surface area contributed by atoms with Gasteiger partial charge in [-0.05, 0) is 25.0 Å². The van der Waals surface area contributed by atoms with Crippen molar-refractivity contribution in [2.75, 3.05) is 26.2 Å². The van der Waals surface area contributed by atoms with Crippen LogP contribution in [0.4, 0.5) is 13.6 Å². The number of benzene rings is 1. The fourth-order valence-electron chi connectivity index (χ4n) is 4.32. The average Bonchev–Trinajstić information content (AvgIpc) is 3.18. The van der Waals surface area contributed by atoms with E-state index in [2.05, 4.69) is 0 Å². The molecule has 1 aromatic carbocycles. The number of amides is 3. The maximum atomic E-state index is 13.9. The Morgan fingerprint density at radius 3 is 2.46 bits per heavy atom. The Morgan fingerprint density at radius 1 is 1.11 bits per heavy atom. The van der Waals surface area contributed by atoms with Crippen molar-refractivity contribution in [2.24, 2.45) is 0 Å². The van der Waals surface area contributed by atoms with Gasteiger partial charge in [-0.3, -0.25) is 14.5 Å². The predicted molar refractivity (Wildman–Crippen MR) is 93.4 cm³/mol. The summed E-state index contributed by atoms with van der Waals surface area (Å²) >= 11 is 0. The van der Waals surface area contributed by atoms with E-state index in [4.69, 9.17) is 4.74 Å². The molecule has 0 aliphatic carbocycles. The van der Waals surface area contributed by atoms with E-state index in [0.717, 1.165) is 12.1 Å². The van der Waals surface area contributed by atoms with Gasteiger partial charge in [0.05, 0.1) is 18.2 Å². The number of hydrogen-bond acceptors (Lipinski definition) is 4. The van der Waals surface area contributed by atoms with Gasteiger partial charge in [-0.2, -0.15) is 0 Å². The standard InChI is InChI=1S/C19H21F2N3O4/c1-11(25)23-9-16-17(10-23)28-19(27)24(16)13-4-6-22(7-5-13)18(26)14-3-2-12(20)8-15(14)21/h2-3,8,13,16-17H,4-7,9-10H2,1H3/t16-,17+/m1/s1. The first-order valence-electron chi connectivity index (χ1n) is 9.34. The Labute approximate surface area is 160 Å². The van der Waals surface area contributed by atoms with Crippen LogP contribution in [0.15, 0.2) is 18.2 Å². The summed E-state index contributed by atoms with van der Waals surface area (Å²) in [6.45, 7) is 3.07. The van der Waals surface area contributed by atoms with Crippen molar-refractivity contribution >= 4 is 17.9 Å². The fourth-order valence-corrected chi connectivity index (χ4v) is 4.32. The van der Waals surface area contributed by atoms with E-state index in [1.165, 1.54) is 11.8 Å². The van der Waals surface area contributed by atoms with Crippen LogP contribution in [0, 0.1) is 11.6 Å². The molecule has 1 aromatic rings. The summed E-state index contributed by atoms with van der Waals surface area (Å²) < 4.78 is 32.4. The molecule has 150 valence electrons. The van der Waals surface area contributed by atoms with Crippen LogP contribution in [0.2, 0.25) is 0 Å². The Balaban J connectivity index is 1.40. The van der Waals surface area contributed by atoms with Crippen LogP contribution in [-0.4, -0.2) is 77.0 Å². The van der Waals surface area contributed by atoms with Gasteiger partial charge in [-0.25, -0.2) is 13.6 Å². The van der Waals surface area contributed by atoms with E-state index in [1.807, 2.05) is 0 Å².